The lowest BCUT2D eigenvalue weighted by Gasteiger charge is -2.23. The molecule has 0 aliphatic heterocycles. The van der Waals surface area contributed by atoms with Crippen LogP contribution in [0.25, 0.3) is 0 Å². The van der Waals surface area contributed by atoms with E-state index in [1.807, 2.05) is 12.1 Å². The quantitative estimate of drug-likeness (QED) is 0.820. The van der Waals surface area contributed by atoms with Crippen LogP contribution in [0.3, 0.4) is 0 Å². The summed E-state index contributed by atoms with van der Waals surface area (Å²) in [5.74, 6) is 0. The lowest BCUT2D eigenvalue weighted by atomic mass is 9.98. The minimum atomic E-state index is -0.748. The minimum absolute atomic E-state index is 0.748. The highest BCUT2D eigenvalue weighted by Gasteiger charge is 2.15. The summed E-state index contributed by atoms with van der Waals surface area (Å²) in [6.45, 7) is 9.93. The largest absolute Gasteiger partial charge is 0.386 e. The van der Waals surface area contributed by atoms with Crippen molar-refractivity contribution in [2.45, 2.75) is 33.3 Å². The van der Waals surface area contributed by atoms with Crippen LogP contribution >= 0.6 is 0 Å². The standard InChI is InChI=1S/C13H21NO/c1-5-14(6-2)12-9-7-11(8-10-12)13(3,4)15/h7-10,15H,5-6H2,1-4H3. The molecule has 1 aromatic rings. The number of anilines is 1. The summed E-state index contributed by atoms with van der Waals surface area (Å²) >= 11 is 0. The summed E-state index contributed by atoms with van der Waals surface area (Å²) in [6, 6.07) is 8.13. The van der Waals surface area contributed by atoms with Crippen LogP contribution in [0.5, 0.6) is 0 Å². The number of hydrogen-bond donors (Lipinski definition) is 1. The molecule has 0 amide bonds. The first kappa shape index (κ1) is 12.1. The van der Waals surface area contributed by atoms with E-state index in [4.69, 9.17) is 0 Å². The fourth-order valence-corrected chi connectivity index (χ4v) is 1.67. The van der Waals surface area contributed by atoms with Gasteiger partial charge in [0.1, 0.15) is 0 Å². The Hall–Kier alpha value is -1.02. The zero-order valence-electron chi connectivity index (χ0n) is 10.1. The molecule has 1 rings (SSSR count). The zero-order chi connectivity index (χ0) is 11.5. The van der Waals surface area contributed by atoms with Crippen molar-refractivity contribution in [1.29, 1.82) is 0 Å². The number of hydrogen-bond acceptors (Lipinski definition) is 2. The van der Waals surface area contributed by atoms with Gasteiger partial charge in [-0.2, -0.15) is 0 Å². The molecule has 0 aliphatic carbocycles. The monoisotopic (exact) mass is 207 g/mol. The van der Waals surface area contributed by atoms with E-state index in [0.717, 1.165) is 18.7 Å². The van der Waals surface area contributed by atoms with E-state index in [9.17, 15) is 5.11 Å². The number of aliphatic hydroxyl groups is 1. The average molecular weight is 207 g/mol. The van der Waals surface area contributed by atoms with Gasteiger partial charge in [-0.3, -0.25) is 0 Å². The van der Waals surface area contributed by atoms with Crippen molar-refractivity contribution in [2.24, 2.45) is 0 Å². The predicted molar refractivity (Wildman–Crippen MR) is 65.2 cm³/mol. The summed E-state index contributed by atoms with van der Waals surface area (Å²) < 4.78 is 0. The van der Waals surface area contributed by atoms with E-state index in [1.54, 1.807) is 13.8 Å². The Labute approximate surface area is 92.5 Å². The molecule has 84 valence electrons. The van der Waals surface area contributed by atoms with Gasteiger partial charge in [0, 0.05) is 18.8 Å². The predicted octanol–water partition coefficient (Wildman–Crippen LogP) is 2.76. The molecule has 0 atom stereocenters. The maximum absolute atomic E-state index is 9.82. The van der Waals surface area contributed by atoms with E-state index in [1.165, 1.54) is 5.69 Å². The van der Waals surface area contributed by atoms with E-state index >= 15 is 0 Å². The normalized spacial score (nSPS) is 11.5. The molecule has 0 fully saturated rings. The van der Waals surface area contributed by atoms with Gasteiger partial charge in [-0.1, -0.05) is 12.1 Å². The van der Waals surface area contributed by atoms with E-state index in [0.29, 0.717) is 0 Å². The van der Waals surface area contributed by atoms with Crippen LogP contribution in [-0.2, 0) is 5.60 Å². The highest BCUT2D eigenvalue weighted by molar-refractivity contribution is 5.48. The van der Waals surface area contributed by atoms with Gasteiger partial charge in [0.25, 0.3) is 0 Å². The fraction of sp³-hybridized carbons (Fsp3) is 0.538. The maximum Gasteiger partial charge on any atom is 0.0840 e. The van der Waals surface area contributed by atoms with Gasteiger partial charge in [0.2, 0.25) is 0 Å². The van der Waals surface area contributed by atoms with Crippen LogP contribution in [0.4, 0.5) is 5.69 Å². The topological polar surface area (TPSA) is 23.5 Å². The Morgan fingerprint density at radius 1 is 1.07 bits per heavy atom. The lowest BCUT2D eigenvalue weighted by molar-refractivity contribution is 0.0786. The molecule has 15 heavy (non-hydrogen) atoms. The first-order valence-corrected chi connectivity index (χ1v) is 5.57. The Bertz CT molecular complexity index is 293. The molecular weight excluding hydrogens is 186 g/mol. The maximum atomic E-state index is 9.82. The molecule has 0 spiro atoms. The van der Waals surface area contributed by atoms with Crippen LogP contribution in [0.1, 0.15) is 33.3 Å². The molecule has 0 radical (unpaired) electrons. The second-order valence-corrected chi connectivity index (χ2v) is 4.28. The van der Waals surface area contributed by atoms with Crippen molar-refractivity contribution in [1.82, 2.24) is 0 Å². The van der Waals surface area contributed by atoms with Gasteiger partial charge in [-0.15, -0.1) is 0 Å². The van der Waals surface area contributed by atoms with Crippen LogP contribution in [0.15, 0.2) is 24.3 Å². The van der Waals surface area contributed by atoms with Gasteiger partial charge in [-0.25, -0.2) is 0 Å². The molecule has 1 aromatic carbocycles. The summed E-state index contributed by atoms with van der Waals surface area (Å²) in [4.78, 5) is 2.29. The van der Waals surface area contributed by atoms with Crippen LogP contribution < -0.4 is 4.90 Å². The molecule has 0 aliphatic rings. The third-order valence-electron chi connectivity index (χ3n) is 2.70. The van der Waals surface area contributed by atoms with Crippen molar-refractivity contribution in [3.05, 3.63) is 29.8 Å². The number of benzene rings is 1. The molecule has 0 bridgehead atoms. The van der Waals surface area contributed by atoms with Gasteiger partial charge >= 0.3 is 0 Å². The first-order valence-electron chi connectivity index (χ1n) is 5.57. The van der Waals surface area contributed by atoms with Crippen molar-refractivity contribution >= 4 is 5.69 Å². The molecule has 0 heterocycles. The Morgan fingerprint density at radius 3 is 1.87 bits per heavy atom. The highest BCUT2D eigenvalue weighted by Crippen LogP contribution is 2.22. The van der Waals surface area contributed by atoms with Crippen molar-refractivity contribution < 1.29 is 5.11 Å². The second kappa shape index (κ2) is 4.67. The molecule has 0 saturated heterocycles. The molecule has 0 saturated carbocycles. The summed E-state index contributed by atoms with van der Waals surface area (Å²) in [7, 11) is 0. The molecule has 1 N–H and O–H groups in total. The smallest absolute Gasteiger partial charge is 0.0840 e. The Balaban J connectivity index is 2.89. The van der Waals surface area contributed by atoms with E-state index in [-0.39, 0.29) is 0 Å². The first-order chi connectivity index (χ1) is 6.99. The number of nitrogens with zero attached hydrogens (tertiary/aromatic N) is 1. The highest BCUT2D eigenvalue weighted by atomic mass is 16.3. The Morgan fingerprint density at radius 2 is 1.53 bits per heavy atom. The SMILES string of the molecule is CCN(CC)c1ccc(C(C)(C)O)cc1. The molecule has 2 heteroatoms. The van der Waals surface area contributed by atoms with Gasteiger partial charge in [0.15, 0.2) is 0 Å². The van der Waals surface area contributed by atoms with Crippen LogP contribution in [0, 0.1) is 0 Å². The Kier molecular flexibility index (Phi) is 3.75. The van der Waals surface area contributed by atoms with Crippen molar-refractivity contribution in [2.75, 3.05) is 18.0 Å². The molecule has 2 nitrogen and oxygen atoms in total. The molecule has 0 unspecified atom stereocenters. The van der Waals surface area contributed by atoms with Crippen LogP contribution in [-0.4, -0.2) is 18.2 Å². The molecule has 0 aromatic heterocycles. The third kappa shape index (κ3) is 2.96. The minimum Gasteiger partial charge on any atom is -0.386 e. The molecular formula is C13H21NO. The van der Waals surface area contributed by atoms with Crippen molar-refractivity contribution in [3.63, 3.8) is 0 Å². The van der Waals surface area contributed by atoms with E-state index < -0.39 is 5.60 Å². The number of rotatable bonds is 4. The van der Waals surface area contributed by atoms with Crippen LogP contribution in [0.2, 0.25) is 0 Å². The van der Waals surface area contributed by atoms with Crippen molar-refractivity contribution in [3.8, 4) is 0 Å². The summed E-state index contributed by atoms with van der Waals surface area (Å²) in [6.07, 6.45) is 0. The van der Waals surface area contributed by atoms with Gasteiger partial charge in [0.05, 0.1) is 5.60 Å². The zero-order valence-corrected chi connectivity index (χ0v) is 10.1. The third-order valence-corrected chi connectivity index (χ3v) is 2.70. The second-order valence-electron chi connectivity index (χ2n) is 4.28. The average Bonchev–Trinajstić information content (AvgIpc) is 2.19. The summed E-state index contributed by atoms with van der Waals surface area (Å²) in [5, 5.41) is 9.82. The van der Waals surface area contributed by atoms with E-state index in [2.05, 4.69) is 30.9 Å². The van der Waals surface area contributed by atoms with Gasteiger partial charge < -0.3 is 10.0 Å². The van der Waals surface area contributed by atoms with Gasteiger partial charge in [-0.05, 0) is 45.4 Å². The fourth-order valence-electron chi connectivity index (χ4n) is 1.67. The summed E-state index contributed by atoms with van der Waals surface area (Å²) in [5.41, 5.74) is 1.42. The lowest BCUT2D eigenvalue weighted by Crippen LogP contribution is -2.22.